The molecule has 10 heteroatoms. The Kier molecular flexibility index (Phi) is 4.73. The van der Waals surface area contributed by atoms with Crippen molar-refractivity contribution in [2.45, 2.75) is 13.5 Å². The Balaban J connectivity index is 1.47. The summed E-state index contributed by atoms with van der Waals surface area (Å²) >= 11 is 0. The van der Waals surface area contributed by atoms with Crippen LogP contribution in [0.4, 0.5) is 5.95 Å². The van der Waals surface area contributed by atoms with Gasteiger partial charge in [-0.05, 0) is 42.8 Å². The number of fused-ring (bicyclic) bond motifs is 1. The van der Waals surface area contributed by atoms with E-state index in [0.717, 1.165) is 22.2 Å². The third-order valence-electron chi connectivity index (χ3n) is 5.36. The van der Waals surface area contributed by atoms with Gasteiger partial charge in [0.1, 0.15) is 5.69 Å². The number of hydrogen-bond donors (Lipinski definition) is 2. The SMILES string of the molecule is Cc1c(C#N)cccc1-c1cc(-c2cn(Cc3[nH]nc4cc(C#N)ccc34)nn2)nc(N)n1. The van der Waals surface area contributed by atoms with Gasteiger partial charge in [-0.25, -0.2) is 14.6 Å². The number of nitrogens with two attached hydrogens (primary N) is 1. The fourth-order valence-corrected chi connectivity index (χ4v) is 3.68. The molecule has 0 saturated carbocycles. The van der Waals surface area contributed by atoms with Crippen LogP contribution in [-0.2, 0) is 6.54 Å². The van der Waals surface area contributed by atoms with Crippen molar-refractivity contribution < 1.29 is 0 Å². The van der Waals surface area contributed by atoms with E-state index in [4.69, 9.17) is 11.0 Å². The summed E-state index contributed by atoms with van der Waals surface area (Å²) in [5.41, 5.74) is 12.0. The Bertz CT molecular complexity index is 1600. The minimum Gasteiger partial charge on any atom is -0.368 e. The van der Waals surface area contributed by atoms with E-state index in [1.165, 1.54) is 0 Å². The molecule has 0 saturated heterocycles. The first-order valence-corrected chi connectivity index (χ1v) is 9.98. The summed E-state index contributed by atoms with van der Waals surface area (Å²) < 4.78 is 1.67. The normalized spacial score (nSPS) is 10.8. The first-order valence-electron chi connectivity index (χ1n) is 9.98. The van der Waals surface area contributed by atoms with Crippen LogP contribution in [0.2, 0.25) is 0 Å². The first-order chi connectivity index (χ1) is 16.1. The molecule has 5 rings (SSSR count). The Morgan fingerprint density at radius 2 is 1.88 bits per heavy atom. The molecule has 3 aromatic heterocycles. The van der Waals surface area contributed by atoms with Crippen molar-refractivity contribution in [1.29, 1.82) is 10.5 Å². The molecule has 10 nitrogen and oxygen atoms in total. The average molecular weight is 432 g/mol. The molecule has 2 aromatic carbocycles. The van der Waals surface area contributed by atoms with Crippen molar-refractivity contribution in [2.24, 2.45) is 0 Å². The minimum absolute atomic E-state index is 0.103. The van der Waals surface area contributed by atoms with Gasteiger partial charge in [0.05, 0.1) is 58.6 Å². The summed E-state index contributed by atoms with van der Waals surface area (Å²) in [7, 11) is 0. The van der Waals surface area contributed by atoms with Crippen molar-refractivity contribution in [3.8, 4) is 34.8 Å². The van der Waals surface area contributed by atoms with Gasteiger partial charge in [0.15, 0.2) is 0 Å². The van der Waals surface area contributed by atoms with E-state index in [1.807, 2.05) is 25.1 Å². The molecule has 0 fully saturated rings. The molecule has 33 heavy (non-hydrogen) atoms. The Labute approximate surface area is 188 Å². The summed E-state index contributed by atoms with van der Waals surface area (Å²) in [5.74, 6) is 0.103. The maximum absolute atomic E-state index is 9.33. The molecule has 0 unspecified atom stereocenters. The van der Waals surface area contributed by atoms with E-state index in [0.29, 0.717) is 40.3 Å². The van der Waals surface area contributed by atoms with Gasteiger partial charge in [-0.15, -0.1) is 5.10 Å². The van der Waals surface area contributed by atoms with E-state index in [2.05, 4.69) is 42.6 Å². The molecule has 5 aromatic rings. The Morgan fingerprint density at radius 3 is 2.70 bits per heavy atom. The highest BCUT2D eigenvalue weighted by molar-refractivity contribution is 5.82. The number of aromatic amines is 1. The van der Waals surface area contributed by atoms with Gasteiger partial charge in [0, 0.05) is 10.9 Å². The number of nitrogens with zero attached hydrogens (tertiary/aromatic N) is 8. The van der Waals surface area contributed by atoms with Crippen LogP contribution in [0.25, 0.3) is 33.5 Å². The van der Waals surface area contributed by atoms with Gasteiger partial charge < -0.3 is 5.73 Å². The van der Waals surface area contributed by atoms with Gasteiger partial charge in [-0.3, -0.25) is 5.10 Å². The zero-order valence-corrected chi connectivity index (χ0v) is 17.5. The molecular weight excluding hydrogens is 416 g/mol. The lowest BCUT2D eigenvalue weighted by atomic mass is 10.00. The molecular formula is C23H16N10. The largest absolute Gasteiger partial charge is 0.368 e. The smallest absolute Gasteiger partial charge is 0.221 e. The Morgan fingerprint density at radius 1 is 1.03 bits per heavy atom. The topological polar surface area (TPSA) is 159 Å². The summed E-state index contributed by atoms with van der Waals surface area (Å²) in [4.78, 5) is 8.66. The predicted octanol–water partition coefficient (Wildman–Crippen LogP) is 2.96. The van der Waals surface area contributed by atoms with E-state index in [9.17, 15) is 5.26 Å². The lowest BCUT2D eigenvalue weighted by molar-refractivity contribution is 0.639. The predicted molar refractivity (Wildman–Crippen MR) is 120 cm³/mol. The molecule has 3 N–H and O–H groups in total. The number of anilines is 1. The maximum Gasteiger partial charge on any atom is 0.221 e. The van der Waals surface area contributed by atoms with Crippen LogP contribution in [0.15, 0.2) is 48.7 Å². The van der Waals surface area contributed by atoms with E-state index < -0.39 is 0 Å². The molecule has 0 bridgehead atoms. The number of nitriles is 2. The lowest BCUT2D eigenvalue weighted by Gasteiger charge is -2.08. The molecule has 0 radical (unpaired) electrons. The second kappa shape index (κ2) is 7.87. The number of aromatic nitrogens is 7. The molecule has 158 valence electrons. The van der Waals surface area contributed by atoms with Gasteiger partial charge >= 0.3 is 0 Å². The number of benzene rings is 2. The standard InChI is InChI=1S/C23H16N10/c1-13-15(10-25)3-2-4-16(13)18-8-20(28-23(26)27-18)22-12-33(32-31-22)11-21-17-6-5-14(9-24)7-19(17)29-30-21/h2-8,12H,11H2,1H3,(H,29,30)(H2,26,27,28). The number of H-pyrrole nitrogens is 1. The van der Waals surface area contributed by atoms with Gasteiger partial charge in [-0.2, -0.15) is 15.6 Å². The molecule has 0 aliphatic rings. The van der Waals surface area contributed by atoms with Gasteiger partial charge in [-0.1, -0.05) is 17.3 Å². The fraction of sp³-hybridized carbons (Fsp3) is 0.0870. The summed E-state index contributed by atoms with van der Waals surface area (Å²) in [6.07, 6.45) is 1.76. The molecule has 0 aliphatic carbocycles. The average Bonchev–Trinajstić information content (AvgIpc) is 3.46. The van der Waals surface area contributed by atoms with Crippen LogP contribution in [-0.4, -0.2) is 35.2 Å². The zero-order valence-electron chi connectivity index (χ0n) is 17.5. The van der Waals surface area contributed by atoms with Crippen molar-refractivity contribution in [3.05, 3.63) is 71.0 Å². The number of nitrogen functional groups attached to an aromatic ring is 1. The molecule has 0 atom stereocenters. The van der Waals surface area contributed by atoms with Crippen molar-refractivity contribution in [3.63, 3.8) is 0 Å². The van der Waals surface area contributed by atoms with E-state index >= 15 is 0 Å². The highest BCUT2D eigenvalue weighted by Crippen LogP contribution is 2.27. The molecule has 0 aliphatic heterocycles. The summed E-state index contributed by atoms with van der Waals surface area (Å²) in [6.45, 7) is 2.28. The highest BCUT2D eigenvalue weighted by Gasteiger charge is 2.14. The molecule has 0 amide bonds. The van der Waals surface area contributed by atoms with E-state index in [-0.39, 0.29) is 5.95 Å². The monoisotopic (exact) mass is 432 g/mol. The van der Waals surface area contributed by atoms with Crippen LogP contribution in [0.5, 0.6) is 0 Å². The summed E-state index contributed by atoms with van der Waals surface area (Å²) in [5, 5.41) is 35.0. The molecule has 3 heterocycles. The quantitative estimate of drug-likeness (QED) is 0.438. The van der Waals surface area contributed by atoms with Crippen LogP contribution in [0, 0.1) is 29.6 Å². The van der Waals surface area contributed by atoms with Crippen LogP contribution < -0.4 is 5.73 Å². The lowest BCUT2D eigenvalue weighted by Crippen LogP contribution is -2.01. The second-order valence-corrected chi connectivity index (χ2v) is 7.43. The third-order valence-corrected chi connectivity index (χ3v) is 5.36. The maximum atomic E-state index is 9.33. The minimum atomic E-state index is 0.103. The van der Waals surface area contributed by atoms with E-state index in [1.54, 1.807) is 35.1 Å². The summed E-state index contributed by atoms with van der Waals surface area (Å²) in [6, 6.07) is 16.9. The zero-order chi connectivity index (χ0) is 22.9. The van der Waals surface area contributed by atoms with Gasteiger partial charge in [0.25, 0.3) is 0 Å². The van der Waals surface area contributed by atoms with Crippen molar-refractivity contribution in [2.75, 3.05) is 5.73 Å². The number of nitrogens with one attached hydrogen (secondary N) is 1. The second-order valence-electron chi connectivity index (χ2n) is 7.43. The number of hydrogen-bond acceptors (Lipinski definition) is 8. The molecule has 0 spiro atoms. The first kappa shape index (κ1) is 19.8. The van der Waals surface area contributed by atoms with Crippen molar-refractivity contribution >= 4 is 16.9 Å². The fourth-order valence-electron chi connectivity index (χ4n) is 3.68. The van der Waals surface area contributed by atoms with Gasteiger partial charge in [0.2, 0.25) is 5.95 Å². The van der Waals surface area contributed by atoms with Crippen LogP contribution >= 0.6 is 0 Å². The number of rotatable bonds is 4. The van der Waals surface area contributed by atoms with Crippen LogP contribution in [0.1, 0.15) is 22.4 Å². The Hall–Kier alpha value is -5.09. The highest BCUT2D eigenvalue weighted by atomic mass is 15.4. The van der Waals surface area contributed by atoms with Crippen LogP contribution in [0.3, 0.4) is 0 Å². The third kappa shape index (κ3) is 3.62. The van der Waals surface area contributed by atoms with Crippen molar-refractivity contribution in [1.82, 2.24) is 35.2 Å².